The van der Waals surface area contributed by atoms with Crippen molar-refractivity contribution in [3.8, 4) is 0 Å². The van der Waals surface area contributed by atoms with E-state index in [1.165, 1.54) is 10.9 Å². The number of carbonyl (C=O) groups excluding carboxylic acids is 1. The molecule has 20 heavy (non-hydrogen) atoms. The van der Waals surface area contributed by atoms with Gasteiger partial charge in [0, 0.05) is 19.6 Å². The minimum Gasteiger partial charge on any atom is -0.476 e. The zero-order chi connectivity index (χ0) is 15.1. The highest BCUT2D eigenvalue weighted by molar-refractivity contribution is 5.84. The highest BCUT2D eigenvalue weighted by atomic mass is 16.4. The fourth-order valence-electron chi connectivity index (χ4n) is 1.77. The van der Waals surface area contributed by atoms with E-state index in [2.05, 4.69) is 10.3 Å². The third-order valence-corrected chi connectivity index (χ3v) is 2.99. The molecule has 1 aromatic rings. The first kappa shape index (κ1) is 16.1. The third kappa shape index (κ3) is 4.61. The molecule has 0 saturated carbocycles. The van der Waals surface area contributed by atoms with Crippen molar-refractivity contribution < 1.29 is 14.7 Å². The molecule has 0 saturated heterocycles. The number of hydrogen-bond acceptors (Lipinski definition) is 5. The van der Waals surface area contributed by atoms with Crippen molar-refractivity contribution in [1.82, 2.24) is 24.8 Å². The van der Waals surface area contributed by atoms with E-state index in [-0.39, 0.29) is 11.6 Å². The number of rotatable bonds is 8. The fourth-order valence-corrected chi connectivity index (χ4v) is 1.77. The molecule has 0 aromatic carbocycles. The third-order valence-electron chi connectivity index (χ3n) is 2.99. The Kier molecular flexibility index (Phi) is 6.10. The predicted octanol–water partition coefficient (Wildman–Crippen LogP) is -0.223. The molecule has 0 fully saturated rings. The summed E-state index contributed by atoms with van der Waals surface area (Å²) in [7, 11) is 1.84. The topological polar surface area (TPSA) is 91.6 Å². The molecule has 1 aromatic heterocycles. The van der Waals surface area contributed by atoms with Gasteiger partial charge in [0.15, 0.2) is 5.69 Å². The van der Waals surface area contributed by atoms with Crippen LogP contribution in [0.3, 0.4) is 0 Å². The minimum absolute atomic E-state index is 0.0770. The summed E-state index contributed by atoms with van der Waals surface area (Å²) in [5, 5.41) is 16.0. The van der Waals surface area contributed by atoms with E-state index >= 15 is 0 Å². The summed E-state index contributed by atoms with van der Waals surface area (Å²) in [6.45, 7) is 6.72. The Morgan fingerprint density at radius 2 is 2.00 bits per heavy atom. The number of aromatic carboxylic acids is 1. The Bertz CT molecular complexity index is 456. The predicted molar refractivity (Wildman–Crippen MR) is 72.4 cm³/mol. The molecule has 0 atom stereocenters. The number of nitrogens with zero attached hydrogens (tertiary/aromatic N) is 5. The molecule has 0 aliphatic carbocycles. The number of hydrogen-bond donors (Lipinski definition) is 1. The highest BCUT2D eigenvalue weighted by Gasteiger charge is 2.13. The van der Waals surface area contributed by atoms with Gasteiger partial charge in [-0.25, -0.2) is 4.79 Å². The number of aromatic nitrogens is 3. The second-order valence-corrected chi connectivity index (χ2v) is 4.48. The number of carbonyl (C=O) groups is 2. The summed E-state index contributed by atoms with van der Waals surface area (Å²) < 4.78 is 1.46. The van der Waals surface area contributed by atoms with E-state index in [1.807, 2.05) is 25.8 Å². The number of carboxylic acid groups (broad SMARTS) is 1. The van der Waals surface area contributed by atoms with Gasteiger partial charge in [-0.2, -0.15) is 0 Å². The maximum absolute atomic E-state index is 11.9. The molecule has 8 heteroatoms. The molecule has 0 spiro atoms. The molecular weight excluding hydrogens is 262 g/mol. The van der Waals surface area contributed by atoms with Crippen molar-refractivity contribution in [1.29, 1.82) is 0 Å². The zero-order valence-electron chi connectivity index (χ0n) is 12.1. The average molecular weight is 283 g/mol. The van der Waals surface area contributed by atoms with Gasteiger partial charge in [0.25, 0.3) is 0 Å². The maximum atomic E-state index is 11.9. The lowest BCUT2D eigenvalue weighted by Gasteiger charge is -2.22. The molecule has 0 unspecified atom stereocenters. The summed E-state index contributed by atoms with van der Waals surface area (Å²) in [6, 6.07) is 0. The molecular formula is C12H21N5O3. The van der Waals surface area contributed by atoms with Crippen LogP contribution in [0.2, 0.25) is 0 Å². The van der Waals surface area contributed by atoms with Crippen LogP contribution < -0.4 is 0 Å². The van der Waals surface area contributed by atoms with Crippen LogP contribution in [0.5, 0.6) is 0 Å². The Hall–Kier alpha value is -1.96. The fraction of sp³-hybridized carbons (Fsp3) is 0.667. The molecule has 1 rings (SSSR count). The molecule has 0 aliphatic rings. The average Bonchev–Trinajstić information content (AvgIpc) is 2.86. The van der Waals surface area contributed by atoms with E-state index in [0.717, 1.165) is 0 Å². The van der Waals surface area contributed by atoms with Crippen molar-refractivity contribution in [3.63, 3.8) is 0 Å². The van der Waals surface area contributed by atoms with E-state index in [4.69, 9.17) is 5.11 Å². The van der Waals surface area contributed by atoms with E-state index in [9.17, 15) is 9.59 Å². The van der Waals surface area contributed by atoms with Crippen LogP contribution in [-0.4, -0.2) is 75.0 Å². The number of amides is 1. The van der Waals surface area contributed by atoms with Crippen molar-refractivity contribution in [2.45, 2.75) is 20.4 Å². The summed E-state index contributed by atoms with van der Waals surface area (Å²) in [6.07, 6.45) is 1.38. The summed E-state index contributed by atoms with van der Waals surface area (Å²) in [5.41, 5.74) is -0.0770. The van der Waals surface area contributed by atoms with Crippen molar-refractivity contribution in [2.75, 3.05) is 33.2 Å². The Morgan fingerprint density at radius 1 is 1.35 bits per heavy atom. The molecule has 0 aliphatic heterocycles. The van der Waals surface area contributed by atoms with Crippen LogP contribution in [0.25, 0.3) is 0 Å². The van der Waals surface area contributed by atoms with Crippen LogP contribution in [-0.2, 0) is 11.3 Å². The van der Waals surface area contributed by atoms with Gasteiger partial charge in [0.05, 0.1) is 19.3 Å². The molecule has 1 N–H and O–H groups in total. The van der Waals surface area contributed by atoms with Gasteiger partial charge in [-0.05, 0) is 20.9 Å². The molecule has 1 amide bonds. The van der Waals surface area contributed by atoms with Gasteiger partial charge in [-0.1, -0.05) is 5.21 Å². The van der Waals surface area contributed by atoms with Crippen molar-refractivity contribution in [2.24, 2.45) is 0 Å². The normalized spacial score (nSPS) is 10.8. The van der Waals surface area contributed by atoms with Crippen molar-refractivity contribution >= 4 is 11.9 Å². The van der Waals surface area contributed by atoms with E-state index in [1.54, 1.807) is 4.90 Å². The Balaban J connectivity index is 2.40. The first-order valence-electron chi connectivity index (χ1n) is 6.57. The Morgan fingerprint density at radius 3 is 2.50 bits per heavy atom. The van der Waals surface area contributed by atoms with Crippen LogP contribution in [0.15, 0.2) is 6.20 Å². The lowest BCUT2D eigenvalue weighted by molar-refractivity contribution is -0.131. The van der Waals surface area contributed by atoms with Gasteiger partial charge in [-0.3, -0.25) is 14.4 Å². The second kappa shape index (κ2) is 7.59. The van der Waals surface area contributed by atoms with E-state index in [0.29, 0.717) is 32.7 Å². The number of carboxylic acids is 1. The standard InChI is InChI=1S/C12H21N5O3/c1-4-16(5-2)11(18)9-15(3)6-7-17-8-10(12(19)20)13-14-17/h8H,4-7,9H2,1-3H3,(H,19,20). The molecule has 8 nitrogen and oxygen atoms in total. The zero-order valence-corrected chi connectivity index (χ0v) is 12.1. The number of likely N-dealkylation sites (N-methyl/N-ethyl adjacent to an activating group) is 2. The lowest BCUT2D eigenvalue weighted by atomic mass is 10.4. The lowest BCUT2D eigenvalue weighted by Crippen LogP contribution is -2.39. The van der Waals surface area contributed by atoms with Crippen LogP contribution in [0.4, 0.5) is 0 Å². The quantitative estimate of drug-likeness (QED) is 0.709. The monoisotopic (exact) mass is 283 g/mol. The smallest absolute Gasteiger partial charge is 0.358 e. The summed E-state index contributed by atoms with van der Waals surface area (Å²) in [5.74, 6) is -1.01. The molecule has 0 radical (unpaired) electrons. The van der Waals surface area contributed by atoms with Gasteiger partial charge in [0.1, 0.15) is 0 Å². The Labute approximate surface area is 118 Å². The second-order valence-electron chi connectivity index (χ2n) is 4.48. The highest BCUT2D eigenvalue weighted by Crippen LogP contribution is 1.95. The van der Waals surface area contributed by atoms with Crippen LogP contribution in [0, 0.1) is 0 Å². The van der Waals surface area contributed by atoms with Crippen LogP contribution in [0.1, 0.15) is 24.3 Å². The maximum Gasteiger partial charge on any atom is 0.358 e. The van der Waals surface area contributed by atoms with Crippen molar-refractivity contribution in [3.05, 3.63) is 11.9 Å². The minimum atomic E-state index is -1.10. The van der Waals surface area contributed by atoms with Gasteiger partial charge >= 0.3 is 5.97 Å². The summed E-state index contributed by atoms with van der Waals surface area (Å²) >= 11 is 0. The first-order valence-corrected chi connectivity index (χ1v) is 6.57. The van der Waals surface area contributed by atoms with Gasteiger partial charge < -0.3 is 10.0 Å². The van der Waals surface area contributed by atoms with Gasteiger partial charge in [0.2, 0.25) is 5.91 Å². The first-order chi connectivity index (χ1) is 9.47. The van der Waals surface area contributed by atoms with Gasteiger partial charge in [-0.15, -0.1) is 5.10 Å². The van der Waals surface area contributed by atoms with E-state index < -0.39 is 5.97 Å². The van der Waals surface area contributed by atoms with Crippen LogP contribution >= 0.6 is 0 Å². The molecule has 0 bridgehead atoms. The largest absolute Gasteiger partial charge is 0.476 e. The SMILES string of the molecule is CCN(CC)C(=O)CN(C)CCn1cc(C(=O)O)nn1. The summed E-state index contributed by atoms with van der Waals surface area (Å²) in [4.78, 5) is 26.2. The molecule has 112 valence electrons. The molecule has 1 heterocycles.